The largest absolute Gasteiger partial charge is 0.469 e. The zero-order valence-corrected chi connectivity index (χ0v) is 14.8. The summed E-state index contributed by atoms with van der Waals surface area (Å²) in [6.07, 6.45) is 6.61. The van der Waals surface area contributed by atoms with E-state index >= 15 is 0 Å². The first-order valence-electron chi connectivity index (χ1n) is 8.72. The number of aliphatic imine (C=N–C) groups is 1. The number of piperidine rings is 1. The molecule has 1 aliphatic heterocycles. The van der Waals surface area contributed by atoms with Crippen LogP contribution in [0.2, 0.25) is 0 Å². The molecule has 2 N–H and O–H groups in total. The van der Waals surface area contributed by atoms with Crippen LogP contribution in [0.5, 0.6) is 0 Å². The summed E-state index contributed by atoms with van der Waals surface area (Å²) in [6.45, 7) is 14.5. The summed E-state index contributed by atoms with van der Waals surface area (Å²) in [4.78, 5) is 7.12. The topological polar surface area (TPSA) is 52.8 Å². The molecule has 132 valence electrons. The molecule has 0 atom stereocenters. The number of furan rings is 1. The Morgan fingerprint density at radius 3 is 2.88 bits per heavy atom. The van der Waals surface area contributed by atoms with Gasteiger partial charge >= 0.3 is 0 Å². The van der Waals surface area contributed by atoms with Crippen LogP contribution in [0.25, 0.3) is 0 Å². The predicted octanol–water partition coefficient (Wildman–Crippen LogP) is 2.58. The van der Waals surface area contributed by atoms with Crippen LogP contribution in [-0.4, -0.2) is 49.6 Å². The minimum atomic E-state index is 0.464. The Balaban J connectivity index is 1.80. The van der Waals surface area contributed by atoms with Gasteiger partial charge in [-0.15, -0.1) is 6.58 Å². The zero-order chi connectivity index (χ0) is 17.2. The third-order valence-electron chi connectivity index (χ3n) is 4.04. The zero-order valence-electron chi connectivity index (χ0n) is 14.8. The van der Waals surface area contributed by atoms with Gasteiger partial charge in [-0.1, -0.05) is 18.2 Å². The molecule has 0 spiro atoms. The Morgan fingerprint density at radius 2 is 2.25 bits per heavy atom. The molecule has 1 saturated heterocycles. The number of rotatable bonds is 8. The van der Waals surface area contributed by atoms with Crippen LogP contribution in [0.3, 0.4) is 0 Å². The fraction of sp³-hybridized carbons (Fsp3) is 0.526. The molecule has 0 radical (unpaired) electrons. The van der Waals surface area contributed by atoms with Crippen LogP contribution in [0.4, 0.5) is 0 Å². The molecule has 1 fully saturated rings. The van der Waals surface area contributed by atoms with Gasteiger partial charge in [0.05, 0.1) is 6.26 Å². The van der Waals surface area contributed by atoms with E-state index in [1.165, 1.54) is 5.57 Å². The number of nitrogens with one attached hydrogen (secondary N) is 2. The summed E-state index contributed by atoms with van der Waals surface area (Å²) < 4.78 is 5.35. The Hall–Kier alpha value is -2.01. The van der Waals surface area contributed by atoms with Gasteiger partial charge in [-0.2, -0.15) is 0 Å². The van der Waals surface area contributed by atoms with Gasteiger partial charge in [-0.05, 0) is 31.9 Å². The molecule has 0 aromatic carbocycles. The predicted molar refractivity (Wildman–Crippen MR) is 100 cm³/mol. The van der Waals surface area contributed by atoms with Gasteiger partial charge in [0.2, 0.25) is 0 Å². The van der Waals surface area contributed by atoms with E-state index in [2.05, 4.69) is 40.6 Å². The Morgan fingerprint density at radius 1 is 1.46 bits per heavy atom. The van der Waals surface area contributed by atoms with Crippen LogP contribution in [0.15, 0.2) is 52.6 Å². The van der Waals surface area contributed by atoms with Gasteiger partial charge in [0.25, 0.3) is 0 Å². The third kappa shape index (κ3) is 6.62. The molecule has 0 bridgehead atoms. The number of likely N-dealkylation sites (tertiary alicyclic amines) is 1. The van der Waals surface area contributed by atoms with E-state index in [9.17, 15) is 0 Å². The lowest BCUT2D eigenvalue weighted by Gasteiger charge is -2.33. The van der Waals surface area contributed by atoms with Crippen molar-refractivity contribution in [2.24, 2.45) is 4.99 Å². The van der Waals surface area contributed by atoms with Gasteiger partial charge in [0.1, 0.15) is 5.76 Å². The molecule has 0 aliphatic carbocycles. The average Bonchev–Trinajstić information content (AvgIpc) is 3.07. The summed E-state index contributed by atoms with van der Waals surface area (Å²) in [6, 6.07) is 4.36. The van der Waals surface area contributed by atoms with Crippen LogP contribution < -0.4 is 10.6 Å². The molecule has 5 heteroatoms. The minimum absolute atomic E-state index is 0.464. The monoisotopic (exact) mass is 330 g/mol. The van der Waals surface area contributed by atoms with E-state index in [4.69, 9.17) is 4.42 Å². The van der Waals surface area contributed by atoms with Gasteiger partial charge in [-0.25, -0.2) is 0 Å². The lowest BCUT2D eigenvalue weighted by Crippen LogP contribution is -2.49. The first-order valence-corrected chi connectivity index (χ1v) is 8.72. The molecule has 5 nitrogen and oxygen atoms in total. The van der Waals surface area contributed by atoms with Gasteiger partial charge in [0, 0.05) is 45.2 Å². The number of nitrogens with zero attached hydrogens (tertiary/aromatic N) is 2. The number of hydrogen-bond donors (Lipinski definition) is 2. The van der Waals surface area contributed by atoms with Crippen LogP contribution in [-0.2, 0) is 6.42 Å². The molecule has 2 rings (SSSR count). The van der Waals surface area contributed by atoms with Crippen LogP contribution in [0.1, 0.15) is 25.5 Å². The minimum Gasteiger partial charge on any atom is -0.469 e. The summed E-state index contributed by atoms with van der Waals surface area (Å²) in [5.41, 5.74) is 1.23. The van der Waals surface area contributed by atoms with Gasteiger partial charge in [-0.3, -0.25) is 9.89 Å². The quantitative estimate of drug-likeness (QED) is 0.437. The van der Waals surface area contributed by atoms with Crippen molar-refractivity contribution in [3.05, 3.63) is 49.0 Å². The standard InChI is InChI=1S/C19H30N4O/c1-4-10-20-19(21-11-7-18-6-5-14-24-18)22-17-8-12-23(13-9-17)15-16(2)3/h4-6,14,17H,1-2,7-13,15H2,3H3,(H2,20,21,22). The van der Waals surface area contributed by atoms with E-state index in [0.717, 1.165) is 50.6 Å². The van der Waals surface area contributed by atoms with Crippen LogP contribution in [0, 0.1) is 0 Å². The highest BCUT2D eigenvalue weighted by Gasteiger charge is 2.19. The van der Waals surface area contributed by atoms with Crippen molar-refractivity contribution in [3.8, 4) is 0 Å². The van der Waals surface area contributed by atoms with Crippen molar-refractivity contribution >= 4 is 5.96 Å². The molecule has 0 saturated carbocycles. The lowest BCUT2D eigenvalue weighted by atomic mass is 10.0. The maximum atomic E-state index is 5.35. The summed E-state index contributed by atoms with van der Waals surface area (Å²) in [5.74, 6) is 1.83. The summed E-state index contributed by atoms with van der Waals surface area (Å²) in [7, 11) is 0. The Labute approximate surface area is 145 Å². The molecule has 0 unspecified atom stereocenters. The van der Waals surface area contributed by atoms with Crippen molar-refractivity contribution in [2.75, 3.05) is 32.7 Å². The second-order valence-corrected chi connectivity index (χ2v) is 6.38. The second-order valence-electron chi connectivity index (χ2n) is 6.38. The van der Waals surface area contributed by atoms with Gasteiger partial charge in [0.15, 0.2) is 5.96 Å². The maximum Gasteiger partial charge on any atom is 0.191 e. The summed E-state index contributed by atoms with van der Waals surface area (Å²) >= 11 is 0. The van der Waals surface area contributed by atoms with Crippen molar-refractivity contribution < 1.29 is 4.42 Å². The molecule has 0 amide bonds. The van der Waals surface area contributed by atoms with Crippen molar-refractivity contribution in [1.29, 1.82) is 0 Å². The van der Waals surface area contributed by atoms with Crippen molar-refractivity contribution in [1.82, 2.24) is 15.5 Å². The van der Waals surface area contributed by atoms with Gasteiger partial charge < -0.3 is 15.1 Å². The SMILES string of the molecule is C=CCNC(=NCCc1ccco1)NC1CCN(CC(=C)C)CC1. The molecule has 1 aromatic heterocycles. The Bertz CT molecular complexity index is 528. The molecular weight excluding hydrogens is 300 g/mol. The summed E-state index contributed by atoms with van der Waals surface area (Å²) in [5, 5.41) is 6.86. The van der Waals surface area contributed by atoms with Crippen LogP contribution >= 0.6 is 0 Å². The van der Waals surface area contributed by atoms with Crippen molar-refractivity contribution in [3.63, 3.8) is 0 Å². The molecule has 24 heavy (non-hydrogen) atoms. The highest BCUT2D eigenvalue weighted by molar-refractivity contribution is 5.80. The lowest BCUT2D eigenvalue weighted by molar-refractivity contribution is 0.221. The first kappa shape index (κ1) is 18.3. The van der Waals surface area contributed by atoms with E-state index in [1.807, 2.05) is 18.2 Å². The fourth-order valence-electron chi connectivity index (χ4n) is 2.86. The van der Waals surface area contributed by atoms with E-state index < -0.39 is 0 Å². The maximum absolute atomic E-state index is 5.35. The van der Waals surface area contributed by atoms with E-state index in [0.29, 0.717) is 19.1 Å². The molecular formula is C19H30N4O. The highest BCUT2D eigenvalue weighted by atomic mass is 16.3. The van der Waals surface area contributed by atoms with E-state index in [1.54, 1.807) is 6.26 Å². The normalized spacial score (nSPS) is 16.8. The number of hydrogen-bond acceptors (Lipinski definition) is 3. The number of guanidine groups is 1. The molecule has 2 heterocycles. The Kier molecular flexibility index (Phi) is 7.62. The first-order chi connectivity index (χ1) is 11.7. The third-order valence-corrected chi connectivity index (χ3v) is 4.04. The van der Waals surface area contributed by atoms with E-state index in [-0.39, 0.29) is 0 Å². The van der Waals surface area contributed by atoms with Crippen molar-refractivity contribution in [2.45, 2.75) is 32.2 Å². The average molecular weight is 330 g/mol. The smallest absolute Gasteiger partial charge is 0.191 e. The molecule has 1 aromatic rings. The highest BCUT2D eigenvalue weighted by Crippen LogP contribution is 2.11. The second kappa shape index (κ2) is 9.98. The fourth-order valence-corrected chi connectivity index (χ4v) is 2.86. The molecule has 1 aliphatic rings.